The van der Waals surface area contributed by atoms with Crippen molar-refractivity contribution in [3.05, 3.63) is 42.7 Å². The van der Waals surface area contributed by atoms with Crippen LogP contribution in [0.3, 0.4) is 0 Å². The van der Waals surface area contributed by atoms with Gasteiger partial charge in [-0.05, 0) is 12.5 Å². The zero-order chi connectivity index (χ0) is 12.1. The number of imidazole rings is 1. The molecule has 0 saturated heterocycles. The fraction of sp³-hybridized carbons (Fsp3) is 0.385. The van der Waals surface area contributed by atoms with Crippen molar-refractivity contribution in [2.24, 2.45) is 0 Å². The van der Waals surface area contributed by atoms with E-state index in [1.165, 1.54) is 0 Å². The van der Waals surface area contributed by atoms with Crippen molar-refractivity contribution in [3.63, 3.8) is 0 Å². The minimum Gasteiger partial charge on any atom is -0.353 e. The van der Waals surface area contributed by atoms with E-state index in [0.29, 0.717) is 6.42 Å². The number of Topliss-reactive ketones (excluding diaryl/α,β-unsaturated/α-hetero) is 1. The maximum atomic E-state index is 11.5. The maximum Gasteiger partial charge on any atom is 0.164 e. The average molecular weight is 231 g/mol. The fourth-order valence-corrected chi connectivity index (χ4v) is 1.80. The average Bonchev–Trinajstić information content (AvgIpc) is 2.99. The van der Waals surface area contributed by atoms with E-state index in [1.807, 2.05) is 37.9 Å². The largest absolute Gasteiger partial charge is 0.353 e. The van der Waals surface area contributed by atoms with Crippen LogP contribution in [0.2, 0.25) is 0 Å². The summed E-state index contributed by atoms with van der Waals surface area (Å²) in [5.41, 5.74) is 0.815. The first-order valence-corrected chi connectivity index (χ1v) is 5.94. The molecule has 17 heavy (non-hydrogen) atoms. The molecule has 4 heteroatoms. The van der Waals surface area contributed by atoms with Gasteiger partial charge in [-0.3, -0.25) is 4.79 Å². The Morgan fingerprint density at radius 1 is 1.29 bits per heavy atom. The molecule has 0 fully saturated rings. The number of aryl methyl sites for hydroxylation is 2. The lowest BCUT2D eigenvalue weighted by Gasteiger charge is -2.03. The van der Waals surface area contributed by atoms with Crippen LogP contribution in [-0.4, -0.2) is 19.9 Å². The SMILES string of the molecule is CCC(=O)c1ccn(CCCn2ccnc2)c1. The molecule has 0 amide bonds. The third-order valence-electron chi connectivity index (χ3n) is 2.79. The number of carbonyl (C=O) groups is 1. The highest BCUT2D eigenvalue weighted by Gasteiger charge is 2.04. The summed E-state index contributed by atoms with van der Waals surface area (Å²) >= 11 is 0. The highest BCUT2D eigenvalue weighted by atomic mass is 16.1. The molecule has 2 rings (SSSR count). The maximum absolute atomic E-state index is 11.5. The van der Waals surface area contributed by atoms with E-state index in [4.69, 9.17) is 0 Å². The lowest BCUT2D eigenvalue weighted by atomic mass is 10.2. The summed E-state index contributed by atoms with van der Waals surface area (Å²) in [7, 11) is 0. The smallest absolute Gasteiger partial charge is 0.164 e. The lowest BCUT2D eigenvalue weighted by Crippen LogP contribution is -2.01. The van der Waals surface area contributed by atoms with Crippen LogP contribution in [-0.2, 0) is 13.1 Å². The van der Waals surface area contributed by atoms with Crippen LogP contribution in [0.5, 0.6) is 0 Å². The van der Waals surface area contributed by atoms with Crippen LogP contribution in [0.25, 0.3) is 0 Å². The molecule has 0 N–H and O–H groups in total. The van der Waals surface area contributed by atoms with Crippen molar-refractivity contribution in [2.45, 2.75) is 32.9 Å². The molecule has 2 aromatic heterocycles. The first-order chi connectivity index (χ1) is 8.29. The minimum atomic E-state index is 0.207. The number of nitrogens with zero attached hydrogens (tertiary/aromatic N) is 3. The summed E-state index contributed by atoms with van der Waals surface area (Å²) < 4.78 is 4.13. The van der Waals surface area contributed by atoms with Crippen molar-refractivity contribution in [1.29, 1.82) is 0 Å². The van der Waals surface area contributed by atoms with Gasteiger partial charge >= 0.3 is 0 Å². The Morgan fingerprint density at radius 2 is 2.12 bits per heavy atom. The molecule has 2 aromatic rings. The van der Waals surface area contributed by atoms with Gasteiger partial charge in [0.1, 0.15) is 0 Å². The molecule has 2 heterocycles. The molecule has 0 bridgehead atoms. The molecule has 4 nitrogen and oxygen atoms in total. The van der Waals surface area contributed by atoms with E-state index >= 15 is 0 Å². The van der Waals surface area contributed by atoms with Crippen molar-refractivity contribution >= 4 is 5.78 Å². The quantitative estimate of drug-likeness (QED) is 0.716. The van der Waals surface area contributed by atoms with Crippen LogP contribution in [0.15, 0.2) is 37.2 Å². The van der Waals surface area contributed by atoms with Crippen molar-refractivity contribution in [1.82, 2.24) is 14.1 Å². The zero-order valence-electron chi connectivity index (χ0n) is 10.0. The third kappa shape index (κ3) is 3.06. The zero-order valence-corrected chi connectivity index (χ0v) is 10.0. The summed E-state index contributed by atoms with van der Waals surface area (Å²) in [6.45, 7) is 3.77. The Morgan fingerprint density at radius 3 is 2.82 bits per heavy atom. The third-order valence-corrected chi connectivity index (χ3v) is 2.79. The molecule has 0 aliphatic rings. The fourth-order valence-electron chi connectivity index (χ4n) is 1.80. The van der Waals surface area contributed by atoms with Gasteiger partial charge < -0.3 is 9.13 Å². The number of hydrogen-bond acceptors (Lipinski definition) is 2. The molecule has 0 atom stereocenters. The van der Waals surface area contributed by atoms with E-state index in [-0.39, 0.29) is 5.78 Å². The number of carbonyl (C=O) groups excluding carboxylic acids is 1. The molecule has 0 aliphatic heterocycles. The van der Waals surface area contributed by atoms with Gasteiger partial charge in [-0.2, -0.15) is 0 Å². The van der Waals surface area contributed by atoms with Gasteiger partial charge in [0.15, 0.2) is 5.78 Å². The minimum absolute atomic E-state index is 0.207. The van der Waals surface area contributed by atoms with Crippen molar-refractivity contribution in [2.75, 3.05) is 0 Å². The molecule has 0 unspecified atom stereocenters. The van der Waals surface area contributed by atoms with E-state index in [0.717, 1.165) is 25.1 Å². The van der Waals surface area contributed by atoms with Crippen LogP contribution < -0.4 is 0 Å². The molecule has 0 saturated carbocycles. The highest BCUT2D eigenvalue weighted by Crippen LogP contribution is 2.06. The first-order valence-electron chi connectivity index (χ1n) is 5.94. The first kappa shape index (κ1) is 11.6. The normalized spacial score (nSPS) is 10.6. The van der Waals surface area contributed by atoms with Gasteiger partial charge in [-0.1, -0.05) is 6.92 Å². The van der Waals surface area contributed by atoms with Gasteiger partial charge in [-0.15, -0.1) is 0 Å². The number of aromatic nitrogens is 3. The van der Waals surface area contributed by atoms with Gasteiger partial charge in [0.25, 0.3) is 0 Å². The Bertz CT molecular complexity index is 471. The number of rotatable bonds is 6. The van der Waals surface area contributed by atoms with Gasteiger partial charge in [0.2, 0.25) is 0 Å². The Hall–Kier alpha value is -1.84. The number of ketones is 1. The van der Waals surface area contributed by atoms with Gasteiger partial charge in [-0.25, -0.2) is 4.98 Å². The summed E-state index contributed by atoms with van der Waals surface area (Å²) in [6.07, 6.45) is 11.1. The second-order valence-electron chi connectivity index (χ2n) is 4.07. The summed E-state index contributed by atoms with van der Waals surface area (Å²) in [4.78, 5) is 15.5. The molecule has 0 aromatic carbocycles. The molecule has 0 aliphatic carbocycles. The molecular formula is C13H17N3O. The van der Waals surface area contributed by atoms with Crippen LogP contribution in [0.1, 0.15) is 30.1 Å². The van der Waals surface area contributed by atoms with Gasteiger partial charge in [0.05, 0.1) is 6.33 Å². The Labute approximate surface area is 101 Å². The predicted octanol–water partition coefficient (Wildman–Crippen LogP) is 2.37. The van der Waals surface area contributed by atoms with Crippen molar-refractivity contribution in [3.8, 4) is 0 Å². The summed E-state index contributed by atoms with van der Waals surface area (Å²) in [5, 5.41) is 0. The van der Waals surface area contributed by atoms with E-state index in [9.17, 15) is 4.79 Å². The molecule has 0 spiro atoms. The number of hydrogen-bond donors (Lipinski definition) is 0. The van der Waals surface area contributed by atoms with E-state index < -0.39 is 0 Å². The van der Waals surface area contributed by atoms with Crippen LogP contribution in [0.4, 0.5) is 0 Å². The van der Waals surface area contributed by atoms with Crippen LogP contribution in [0, 0.1) is 0 Å². The summed E-state index contributed by atoms with van der Waals surface area (Å²) in [5.74, 6) is 0.207. The molecule has 0 radical (unpaired) electrons. The van der Waals surface area contributed by atoms with E-state index in [2.05, 4.69) is 14.1 Å². The predicted molar refractivity (Wildman–Crippen MR) is 65.9 cm³/mol. The monoisotopic (exact) mass is 231 g/mol. The Kier molecular flexibility index (Phi) is 3.75. The molecular weight excluding hydrogens is 214 g/mol. The van der Waals surface area contributed by atoms with E-state index in [1.54, 1.807) is 6.20 Å². The van der Waals surface area contributed by atoms with Crippen LogP contribution >= 0.6 is 0 Å². The standard InChI is InChI=1S/C13H17N3O/c1-2-13(17)12-4-8-15(10-12)6-3-7-16-9-5-14-11-16/h4-5,8-11H,2-3,6-7H2,1H3. The Balaban J connectivity index is 1.83. The topological polar surface area (TPSA) is 39.8 Å². The second-order valence-corrected chi connectivity index (χ2v) is 4.07. The summed E-state index contributed by atoms with van der Waals surface area (Å²) in [6, 6.07) is 1.89. The molecule has 90 valence electrons. The lowest BCUT2D eigenvalue weighted by molar-refractivity contribution is 0.0988. The van der Waals surface area contributed by atoms with Gasteiger partial charge in [0, 0.05) is 49.9 Å². The second kappa shape index (κ2) is 5.48. The van der Waals surface area contributed by atoms with Crippen molar-refractivity contribution < 1.29 is 4.79 Å². The highest BCUT2D eigenvalue weighted by molar-refractivity contribution is 5.95.